The highest BCUT2D eigenvalue weighted by atomic mass is 16.3. The Bertz CT molecular complexity index is 1470. The van der Waals surface area contributed by atoms with E-state index in [0.29, 0.717) is 25.3 Å². The van der Waals surface area contributed by atoms with Gasteiger partial charge in [0.15, 0.2) is 5.82 Å². The van der Waals surface area contributed by atoms with Gasteiger partial charge >= 0.3 is 0 Å². The molecule has 7 nitrogen and oxygen atoms in total. The summed E-state index contributed by atoms with van der Waals surface area (Å²) in [7, 11) is 2.09. The highest BCUT2D eigenvalue weighted by Crippen LogP contribution is 2.36. The molecule has 0 aliphatic carbocycles. The number of likely N-dealkylation sites (N-methyl/N-ethyl adjacent to an activating group) is 1. The Labute approximate surface area is 223 Å². The van der Waals surface area contributed by atoms with Gasteiger partial charge in [0.1, 0.15) is 5.69 Å². The van der Waals surface area contributed by atoms with Crippen molar-refractivity contribution in [2.75, 3.05) is 44.7 Å². The molecule has 0 bridgehead atoms. The molecule has 0 atom stereocenters. The summed E-state index contributed by atoms with van der Waals surface area (Å²) >= 11 is 0. The molecule has 2 aliphatic rings. The van der Waals surface area contributed by atoms with Gasteiger partial charge < -0.3 is 24.4 Å². The van der Waals surface area contributed by atoms with Crippen LogP contribution in [0.2, 0.25) is 0 Å². The number of aromatic nitrogens is 2. The number of aliphatic hydroxyl groups is 1. The highest BCUT2D eigenvalue weighted by Gasteiger charge is 2.28. The van der Waals surface area contributed by atoms with E-state index >= 15 is 0 Å². The molecule has 4 heterocycles. The largest absolute Gasteiger partial charge is 0.392 e. The van der Waals surface area contributed by atoms with Crippen LogP contribution in [0.5, 0.6) is 0 Å². The van der Waals surface area contributed by atoms with Gasteiger partial charge in [-0.2, -0.15) is 0 Å². The topological polar surface area (TPSA) is 64.8 Å². The zero-order valence-electron chi connectivity index (χ0n) is 22.2. The molecule has 0 unspecified atom stereocenters. The van der Waals surface area contributed by atoms with Gasteiger partial charge in [-0.25, -0.2) is 4.98 Å². The number of carbonyl (C=O) groups is 1. The van der Waals surface area contributed by atoms with Gasteiger partial charge in [-0.3, -0.25) is 4.79 Å². The van der Waals surface area contributed by atoms with E-state index < -0.39 is 0 Å². The van der Waals surface area contributed by atoms with Crippen LogP contribution in [0.15, 0.2) is 60.7 Å². The summed E-state index contributed by atoms with van der Waals surface area (Å²) in [5.41, 5.74) is 7.18. The van der Waals surface area contributed by atoms with Gasteiger partial charge in [0.2, 0.25) is 0 Å². The monoisotopic (exact) mass is 509 g/mol. The van der Waals surface area contributed by atoms with Crippen LogP contribution in [-0.4, -0.2) is 70.1 Å². The number of benzene rings is 2. The zero-order valence-corrected chi connectivity index (χ0v) is 22.2. The number of aliphatic hydroxyl groups excluding tert-OH is 1. The first kappa shape index (κ1) is 24.6. The molecule has 2 aromatic carbocycles. The van der Waals surface area contributed by atoms with Crippen molar-refractivity contribution >= 4 is 22.6 Å². The average Bonchev–Trinajstić information content (AvgIpc) is 3.22. The number of carbonyl (C=O) groups excluding carboxylic acids is 1. The van der Waals surface area contributed by atoms with E-state index in [9.17, 15) is 9.90 Å². The fraction of sp³-hybridized carbons (Fsp3) is 0.355. The molecule has 196 valence electrons. The summed E-state index contributed by atoms with van der Waals surface area (Å²) in [6.07, 6.45) is 0.932. The minimum Gasteiger partial charge on any atom is -0.392 e. The second-order valence-electron chi connectivity index (χ2n) is 10.6. The van der Waals surface area contributed by atoms with Gasteiger partial charge in [0.25, 0.3) is 5.91 Å². The second kappa shape index (κ2) is 10.2. The molecule has 2 aromatic heterocycles. The normalized spacial score (nSPS) is 16.2. The number of rotatable bonds is 5. The number of hydrogen-bond acceptors (Lipinski definition) is 5. The van der Waals surface area contributed by atoms with Crippen LogP contribution in [0.1, 0.15) is 38.4 Å². The molecule has 1 saturated heterocycles. The fourth-order valence-corrected chi connectivity index (χ4v) is 5.89. The maximum atomic E-state index is 13.7. The van der Waals surface area contributed by atoms with Crippen molar-refractivity contribution in [3.63, 3.8) is 0 Å². The van der Waals surface area contributed by atoms with Crippen LogP contribution in [0.25, 0.3) is 10.9 Å². The quantitative estimate of drug-likeness (QED) is 0.443. The summed E-state index contributed by atoms with van der Waals surface area (Å²) in [5, 5.41) is 11.4. The summed E-state index contributed by atoms with van der Waals surface area (Å²) in [5.74, 6) is 0.796. The number of hydrogen-bond donors (Lipinski definition) is 1. The molecule has 6 rings (SSSR count). The number of amides is 1. The molecule has 2 aliphatic heterocycles. The van der Waals surface area contributed by atoms with Crippen molar-refractivity contribution in [2.45, 2.75) is 33.0 Å². The summed E-state index contributed by atoms with van der Waals surface area (Å²) in [4.78, 5) is 25.3. The summed E-state index contributed by atoms with van der Waals surface area (Å²) in [6.45, 7) is 7.34. The van der Waals surface area contributed by atoms with Crippen molar-refractivity contribution in [1.82, 2.24) is 19.4 Å². The molecule has 0 radical (unpaired) electrons. The maximum absolute atomic E-state index is 13.7. The maximum Gasteiger partial charge on any atom is 0.272 e. The number of fused-ring (bicyclic) bond motifs is 2. The number of piperazine rings is 1. The molecule has 1 amide bonds. The Hall–Kier alpha value is -3.68. The van der Waals surface area contributed by atoms with E-state index in [1.54, 1.807) is 0 Å². The standard InChI is InChI=1S/C31H35N5O2/c1-22-27(21-37)26-18-28(31(38)34-16-14-33(2)15-17-34)32-30(29(26)36(22)19-23-8-4-3-5-9-23)35-13-12-24-10-6-7-11-25(24)20-35/h3-11,18,37H,12-17,19-21H2,1-2H3. The van der Waals surface area contributed by atoms with Gasteiger partial charge in [-0.15, -0.1) is 0 Å². The van der Waals surface area contributed by atoms with E-state index in [2.05, 4.69) is 76.9 Å². The Morgan fingerprint density at radius 2 is 1.66 bits per heavy atom. The van der Waals surface area contributed by atoms with E-state index in [1.807, 2.05) is 17.0 Å². The van der Waals surface area contributed by atoms with Crippen LogP contribution in [0.4, 0.5) is 5.82 Å². The Morgan fingerprint density at radius 1 is 0.947 bits per heavy atom. The zero-order chi connectivity index (χ0) is 26.2. The first-order chi connectivity index (χ1) is 18.5. The Balaban J connectivity index is 1.51. The van der Waals surface area contributed by atoms with Gasteiger partial charge in [0, 0.05) is 62.5 Å². The predicted octanol–water partition coefficient (Wildman–Crippen LogP) is 3.84. The minimum atomic E-state index is -0.0848. The molecular formula is C31H35N5O2. The molecule has 0 saturated carbocycles. The van der Waals surface area contributed by atoms with Crippen molar-refractivity contribution in [1.29, 1.82) is 0 Å². The smallest absolute Gasteiger partial charge is 0.272 e. The van der Waals surface area contributed by atoms with E-state index in [-0.39, 0.29) is 12.5 Å². The van der Waals surface area contributed by atoms with Gasteiger partial charge in [-0.05, 0) is 43.1 Å². The molecule has 1 N–H and O–H groups in total. The van der Waals surface area contributed by atoms with Crippen molar-refractivity contribution in [2.24, 2.45) is 0 Å². The molecule has 1 fully saturated rings. The third kappa shape index (κ3) is 4.46. The lowest BCUT2D eigenvalue weighted by Crippen LogP contribution is -2.47. The van der Waals surface area contributed by atoms with Crippen molar-refractivity contribution < 1.29 is 9.90 Å². The lowest BCUT2D eigenvalue weighted by molar-refractivity contribution is 0.0658. The summed E-state index contributed by atoms with van der Waals surface area (Å²) < 4.78 is 2.27. The van der Waals surface area contributed by atoms with Crippen LogP contribution < -0.4 is 4.90 Å². The van der Waals surface area contributed by atoms with E-state index in [0.717, 1.165) is 60.6 Å². The van der Waals surface area contributed by atoms with Crippen molar-refractivity contribution in [3.8, 4) is 0 Å². The molecule has 4 aromatic rings. The summed E-state index contributed by atoms with van der Waals surface area (Å²) in [6, 6.07) is 20.9. The minimum absolute atomic E-state index is 0.0315. The van der Waals surface area contributed by atoms with Crippen LogP contribution in [0, 0.1) is 6.92 Å². The third-order valence-corrected chi connectivity index (χ3v) is 8.19. The SMILES string of the molecule is Cc1c(CO)c2cc(C(=O)N3CCN(C)CC3)nc(N3CCc4ccccc4C3)c2n1Cc1ccccc1. The molecule has 7 heteroatoms. The second-order valence-corrected chi connectivity index (χ2v) is 10.6. The molecular weight excluding hydrogens is 474 g/mol. The van der Waals surface area contributed by atoms with Crippen molar-refractivity contribution in [3.05, 3.63) is 94.3 Å². The first-order valence-corrected chi connectivity index (χ1v) is 13.5. The van der Waals surface area contributed by atoms with E-state index in [1.165, 1.54) is 16.7 Å². The van der Waals surface area contributed by atoms with Gasteiger partial charge in [-0.1, -0.05) is 54.6 Å². The van der Waals surface area contributed by atoms with Crippen LogP contribution in [-0.2, 0) is 26.1 Å². The number of nitrogens with zero attached hydrogens (tertiary/aromatic N) is 5. The number of pyridine rings is 1. The lowest BCUT2D eigenvalue weighted by Gasteiger charge is -2.33. The highest BCUT2D eigenvalue weighted by molar-refractivity contribution is 6.01. The first-order valence-electron chi connectivity index (χ1n) is 13.5. The number of anilines is 1. The lowest BCUT2D eigenvalue weighted by atomic mass is 9.99. The van der Waals surface area contributed by atoms with Crippen LogP contribution in [0.3, 0.4) is 0 Å². The van der Waals surface area contributed by atoms with Gasteiger partial charge in [0.05, 0.1) is 12.1 Å². The fourth-order valence-electron chi connectivity index (χ4n) is 5.89. The average molecular weight is 510 g/mol. The Morgan fingerprint density at radius 3 is 2.39 bits per heavy atom. The van der Waals surface area contributed by atoms with Crippen LogP contribution >= 0.6 is 0 Å². The predicted molar refractivity (Wildman–Crippen MR) is 151 cm³/mol. The Kier molecular flexibility index (Phi) is 6.64. The molecule has 38 heavy (non-hydrogen) atoms. The molecule has 0 spiro atoms. The third-order valence-electron chi connectivity index (χ3n) is 8.19. The van der Waals surface area contributed by atoms with E-state index in [4.69, 9.17) is 4.98 Å².